The predicted octanol–water partition coefficient (Wildman–Crippen LogP) is 7.24. The lowest BCUT2D eigenvalue weighted by atomic mass is 9.93. The molecule has 0 spiro atoms. The summed E-state index contributed by atoms with van der Waals surface area (Å²) in [5, 5.41) is 12.4. The van der Waals surface area contributed by atoms with Gasteiger partial charge in [-0.05, 0) is 68.3 Å². The molecule has 4 aromatic rings. The van der Waals surface area contributed by atoms with Crippen LogP contribution in [0.2, 0.25) is 10.0 Å². The topological polar surface area (TPSA) is 79.7 Å². The van der Waals surface area contributed by atoms with Gasteiger partial charge in [-0.25, -0.2) is 4.98 Å². The van der Waals surface area contributed by atoms with E-state index in [4.69, 9.17) is 27.9 Å². The molecule has 1 unspecified atom stereocenters. The van der Waals surface area contributed by atoms with E-state index >= 15 is 0 Å². The maximum absolute atomic E-state index is 13.5. The second-order valence-electron chi connectivity index (χ2n) is 8.72. The highest BCUT2D eigenvalue weighted by Crippen LogP contribution is 2.45. The third-order valence-corrected chi connectivity index (χ3v) is 7.97. The van der Waals surface area contributed by atoms with E-state index in [9.17, 15) is 14.7 Å². The molecule has 1 aromatic heterocycles. The Kier molecular flexibility index (Phi) is 6.70. The number of carbonyl (C=O) groups is 2. The number of nitrogens with zero attached hydrogens (tertiary/aromatic N) is 2. The summed E-state index contributed by atoms with van der Waals surface area (Å²) in [6.07, 6.45) is 0. The van der Waals surface area contributed by atoms with E-state index in [1.54, 1.807) is 36.4 Å². The molecule has 1 aliphatic rings. The molecule has 0 radical (unpaired) electrons. The number of aromatic nitrogens is 1. The number of anilines is 1. The molecule has 0 saturated carbocycles. The molecule has 1 atom stereocenters. The highest BCUT2D eigenvalue weighted by atomic mass is 35.5. The molecule has 1 fully saturated rings. The minimum atomic E-state index is -0.957. The van der Waals surface area contributed by atoms with E-state index < -0.39 is 17.7 Å². The highest BCUT2D eigenvalue weighted by molar-refractivity contribution is 7.22. The van der Waals surface area contributed by atoms with Crippen LogP contribution in [0.5, 0.6) is 5.75 Å². The van der Waals surface area contributed by atoms with Crippen molar-refractivity contribution in [1.82, 2.24) is 4.98 Å². The fourth-order valence-corrected chi connectivity index (χ4v) is 5.74. The van der Waals surface area contributed by atoms with Crippen LogP contribution in [0.3, 0.4) is 0 Å². The SMILES string of the molecule is CCOc1ccc2nc(N3C(=O)C(=O)C(=C(O)c4cc(C)ccc4C)C3c3ccc(Cl)c(Cl)c3)sc2c1. The second-order valence-corrected chi connectivity index (χ2v) is 10.5. The fourth-order valence-electron chi connectivity index (χ4n) is 4.42. The molecule has 5 rings (SSSR count). The lowest BCUT2D eigenvalue weighted by Crippen LogP contribution is -2.29. The van der Waals surface area contributed by atoms with E-state index in [1.807, 2.05) is 39.0 Å². The number of Topliss-reactive ketones (excluding diaryl/α,β-unsaturated/α-hetero) is 1. The van der Waals surface area contributed by atoms with Gasteiger partial charge in [0.1, 0.15) is 11.5 Å². The van der Waals surface area contributed by atoms with Crippen LogP contribution in [-0.4, -0.2) is 28.4 Å². The summed E-state index contributed by atoms with van der Waals surface area (Å²) in [7, 11) is 0. The number of carbonyl (C=O) groups excluding carboxylic acids is 2. The molecule has 1 amide bonds. The molecule has 1 N–H and O–H groups in total. The summed E-state index contributed by atoms with van der Waals surface area (Å²) >= 11 is 13.8. The Morgan fingerprint density at radius 3 is 2.57 bits per heavy atom. The molecular weight excluding hydrogens is 531 g/mol. The highest BCUT2D eigenvalue weighted by Gasteiger charge is 2.48. The first-order valence-electron chi connectivity index (χ1n) is 11.6. The van der Waals surface area contributed by atoms with Crippen LogP contribution >= 0.6 is 34.5 Å². The lowest BCUT2D eigenvalue weighted by Gasteiger charge is -2.23. The standard InChI is InChI=1S/C28H22Cl2N2O4S/c1-4-36-17-8-10-21-22(13-17)37-28(31-21)32-24(16-7-9-19(29)20(30)12-16)23(26(34)27(32)35)25(33)18-11-14(2)5-6-15(18)3/h5-13,24,33H,4H2,1-3H3. The lowest BCUT2D eigenvalue weighted by molar-refractivity contribution is -0.132. The zero-order valence-corrected chi connectivity index (χ0v) is 22.5. The second kappa shape index (κ2) is 9.82. The molecule has 9 heteroatoms. The van der Waals surface area contributed by atoms with Gasteiger partial charge in [0.05, 0.1) is 38.5 Å². The number of aliphatic hydroxyl groups is 1. The van der Waals surface area contributed by atoms with Crippen LogP contribution in [0.25, 0.3) is 16.0 Å². The van der Waals surface area contributed by atoms with E-state index in [2.05, 4.69) is 4.98 Å². The van der Waals surface area contributed by atoms with Crippen molar-refractivity contribution in [3.05, 3.63) is 92.5 Å². The van der Waals surface area contributed by atoms with Gasteiger partial charge in [-0.1, -0.05) is 58.3 Å². The summed E-state index contributed by atoms with van der Waals surface area (Å²) in [4.78, 5) is 32.9. The maximum Gasteiger partial charge on any atom is 0.301 e. The smallest absolute Gasteiger partial charge is 0.301 e. The number of ketones is 1. The number of hydrogen-bond acceptors (Lipinski definition) is 6. The molecule has 1 saturated heterocycles. The third kappa shape index (κ3) is 4.48. The molecule has 2 heterocycles. The Morgan fingerprint density at radius 1 is 1.05 bits per heavy atom. The summed E-state index contributed by atoms with van der Waals surface area (Å²) in [6.45, 7) is 6.14. The average Bonchev–Trinajstić information content (AvgIpc) is 3.40. The number of aliphatic hydroxyl groups excluding tert-OH is 1. The first-order chi connectivity index (χ1) is 17.7. The van der Waals surface area contributed by atoms with E-state index in [-0.39, 0.29) is 16.4 Å². The van der Waals surface area contributed by atoms with Gasteiger partial charge in [-0.2, -0.15) is 0 Å². The van der Waals surface area contributed by atoms with Crippen molar-refractivity contribution in [2.45, 2.75) is 26.8 Å². The van der Waals surface area contributed by atoms with Crippen molar-refractivity contribution in [3.63, 3.8) is 0 Å². The van der Waals surface area contributed by atoms with Gasteiger partial charge in [0.25, 0.3) is 5.78 Å². The van der Waals surface area contributed by atoms with Crippen molar-refractivity contribution in [3.8, 4) is 5.75 Å². The first-order valence-corrected chi connectivity index (χ1v) is 13.1. The van der Waals surface area contributed by atoms with Crippen molar-refractivity contribution in [1.29, 1.82) is 0 Å². The molecule has 37 heavy (non-hydrogen) atoms. The van der Waals surface area contributed by atoms with Gasteiger partial charge >= 0.3 is 5.91 Å². The molecule has 6 nitrogen and oxygen atoms in total. The predicted molar refractivity (Wildman–Crippen MR) is 148 cm³/mol. The first kappa shape index (κ1) is 25.3. The van der Waals surface area contributed by atoms with Gasteiger partial charge in [0.15, 0.2) is 5.13 Å². The molecule has 0 bridgehead atoms. The monoisotopic (exact) mass is 552 g/mol. The van der Waals surface area contributed by atoms with Crippen LogP contribution in [0.1, 0.15) is 35.2 Å². The molecule has 1 aliphatic heterocycles. The molecule has 3 aromatic carbocycles. The minimum Gasteiger partial charge on any atom is -0.507 e. The van der Waals surface area contributed by atoms with Gasteiger partial charge in [0.2, 0.25) is 0 Å². The van der Waals surface area contributed by atoms with E-state index in [0.29, 0.717) is 39.2 Å². The maximum atomic E-state index is 13.5. The number of amides is 1. The molecule has 0 aliphatic carbocycles. The van der Waals surface area contributed by atoms with E-state index in [0.717, 1.165) is 15.8 Å². The number of thiazole rings is 1. The Morgan fingerprint density at radius 2 is 1.84 bits per heavy atom. The van der Waals surface area contributed by atoms with Crippen LogP contribution in [0.15, 0.2) is 60.2 Å². The number of aryl methyl sites for hydroxylation is 2. The normalized spacial score (nSPS) is 17.1. The van der Waals surface area contributed by atoms with Crippen LogP contribution < -0.4 is 9.64 Å². The summed E-state index contributed by atoms with van der Waals surface area (Å²) < 4.78 is 6.39. The number of fused-ring (bicyclic) bond motifs is 1. The van der Waals surface area contributed by atoms with Gasteiger partial charge in [0, 0.05) is 5.56 Å². The van der Waals surface area contributed by atoms with Crippen LogP contribution in [0, 0.1) is 13.8 Å². The van der Waals surface area contributed by atoms with Gasteiger partial charge < -0.3 is 9.84 Å². The molecular formula is C28H22Cl2N2O4S. The third-order valence-electron chi connectivity index (χ3n) is 6.22. The zero-order valence-electron chi connectivity index (χ0n) is 20.2. The average molecular weight is 553 g/mol. The van der Waals surface area contributed by atoms with Gasteiger partial charge in [-0.15, -0.1) is 0 Å². The largest absolute Gasteiger partial charge is 0.507 e. The zero-order chi connectivity index (χ0) is 26.4. The summed E-state index contributed by atoms with van der Waals surface area (Å²) in [5.74, 6) is -1.16. The van der Waals surface area contributed by atoms with Crippen LogP contribution in [-0.2, 0) is 9.59 Å². The Labute approximate surface area is 227 Å². The van der Waals surface area contributed by atoms with Crippen LogP contribution in [0.4, 0.5) is 5.13 Å². The van der Waals surface area contributed by atoms with E-state index in [1.165, 1.54) is 16.2 Å². The Hall–Kier alpha value is -3.39. The van der Waals surface area contributed by atoms with Crippen molar-refractivity contribution >= 4 is 67.3 Å². The molecule has 188 valence electrons. The summed E-state index contributed by atoms with van der Waals surface area (Å²) in [5.41, 5.74) is 3.30. The minimum absolute atomic E-state index is 0.0358. The number of rotatable bonds is 5. The number of hydrogen-bond donors (Lipinski definition) is 1. The Balaban J connectivity index is 1.74. The number of benzene rings is 3. The van der Waals surface area contributed by atoms with Gasteiger partial charge in [-0.3, -0.25) is 14.5 Å². The fraction of sp³-hybridized carbons (Fsp3) is 0.179. The number of ether oxygens (including phenoxy) is 1. The quantitative estimate of drug-likeness (QED) is 0.160. The van der Waals surface area contributed by atoms with Crippen molar-refractivity contribution in [2.75, 3.05) is 11.5 Å². The number of halogens is 2. The summed E-state index contributed by atoms with van der Waals surface area (Å²) in [6, 6.07) is 15.0. The Bertz CT molecular complexity index is 1610. The van der Waals surface area contributed by atoms with Crippen molar-refractivity contribution in [2.24, 2.45) is 0 Å². The van der Waals surface area contributed by atoms with Crippen molar-refractivity contribution < 1.29 is 19.4 Å².